The van der Waals surface area contributed by atoms with Crippen LogP contribution in [0.1, 0.15) is 38.8 Å². The first-order chi connectivity index (χ1) is 7.06. The zero-order chi connectivity index (χ0) is 11.5. The van der Waals surface area contributed by atoms with E-state index in [-0.39, 0.29) is 5.60 Å². The van der Waals surface area contributed by atoms with Crippen molar-refractivity contribution in [3.8, 4) is 0 Å². The highest BCUT2D eigenvalue weighted by atomic mass is 79.9. The molecule has 1 aromatic rings. The van der Waals surface area contributed by atoms with Crippen LogP contribution in [0.5, 0.6) is 0 Å². The van der Waals surface area contributed by atoms with Gasteiger partial charge in [0.25, 0.3) is 0 Å². The van der Waals surface area contributed by atoms with Crippen LogP contribution in [0.2, 0.25) is 0 Å². The first-order valence-corrected chi connectivity index (χ1v) is 6.22. The quantitative estimate of drug-likeness (QED) is 0.776. The highest BCUT2D eigenvalue weighted by molar-refractivity contribution is 9.08. The van der Waals surface area contributed by atoms with E-state index in [1.807, 2.05) is 13.8 Å². The molecule has 0 aromatic carbocycles. The molecule has 0 radical (unpaired) electrons. The molecule has 0 unspecified atom stereocenters. The lowest BCUT2D eigenvalue weighted by molar-refractivity contribution is 0.00806. The van der Waals surface area contributed by atoms with Crippen molar-refractivity contribution in [3.05, 3.63) is 11.6 Å². The summed E-state index contributed by atoms with van der Waals surface area (Å²) in [5, 5.41) is 9.08. The Hall–Kier alpha value is -0.420. The minimum absolute atomic E-state index is 0.386. The smallest absolute Gasteiger partial charge is 0.164 e. The predicted octanol–water partition coefficient (Wildman–Crippen LogP) is 2.46. The fraction of sp³-hybridized carbons (Fsp3) is 0.800. The number of methoxy groups -OCH3 is 1. The molecule has 0 bridgehead atoms. The Bertz CT molecular complexity index is 322. The fourth-order valence-corrected chi connectivity index (χ4v) is 1.84. The summed E-state index contributed by atoms with van der Waals surface area (Å²) in [6.45, 7) is 7.07. The van der Waals surface area contributed by atoms with Crippen LogP contribution in [0.3, 0.4) is 0 Å². The van der Waals surface area contributed by atoms with E-state index >= 15 is 0 Å². The van der Waals surface area contributed by atoms with Crippen LogP contribution in [0.15, 0.2) is 0 Å². The number of alkyl halides is 1. The van der Waals surface area contributed by atoms with Gasteiger partial charge in [0, 0.05) is 13.7 Å². The van der Waals surface area contributed by atoms with E-state index in [1.165, 1.54) is 0 Å². The van der Waals surface area contributed by atoms with Crippen molar-refractivity contribution >= 4 is 15.9 Å². The molecule has 0 saturated carbocycles. The maximum absolute atomic E-state index is 5.43. The molecule has 0 aliphatic rings. The maximum Gasteiger partial charge on any atom is 0.164 e. The summed E-state index contributed by atoms with van der Waals surface area (Å²) in [6.07, 6.45) is 1.06. The molecular weight excluding hydrogens is 258 g/mol. The molecule has 4 nitrogen and oxygen atoms in total. The second kappa shape index (κ2) is 5.07. The van der Waals surface area contributed by atoms with E-state index in [1.54, 1.807) is 7.11 Å². The summed E-state index contributed by atoms with van der Waals surface area (Å²) in [5.41, 5.74) is -0.386. The average molecular weight is 276 g/mol. The Balaban J connectivity index is 3.12. The molecule has 0 atom stereocenters. The molecule has 0 fully saturated rings. The molecule has 1 aromatic heterocycles. The highest BCUT2D eigenvalue weighted by Crippen LogP contribution is 2.23. The predicted molar refractivity (Wildman–Crippen MR) is 63.0 cm³/mol. The Morgan fingerprint density at radius 3 is 2.53 bits per heavy atom. The highest BCUT2D eigenvalue weighted by Gasteiger charge is 2.27. The van der Waals surface area contributed by atoms with Crippen molar-refractivity contribution in [2.45, 2.75) is 44.7 Å². The van der Waals surface area contributed by atoms with E-state index in [4.69, 9.17) is 4.74 Å². The molecule has 0 aliphatic carbocycles. The molecular formula is C10H18BrN3O. The molecule has 0 spiro atoms. The van der Waals surface area contributed by atoms with Gasteiger partial charge in [-0.1, -0.05) is 22.9 Å². The lowest BCUT2D eigenvalue weighted by Gasteiger charge is -2.22. The van der Waals surface area contributed by atoms with Crippen molar-refractivity contribution < 1.29 is 4.74 Å². The minimum atomic E-state index is -0.386. The number of halogens is 1. The lowest BCUT2D eigenvalue weighted by Crippen LogP contribution is -2.25. The van der Waals surface area contributed by atoms with Crippen molar-refractivity contribution in [1.29, 1.82) is 0 Å². The molecule has 1 rings (SSSR count). The van der Waals surface area contributed by atoms with E-state index in [9.17, 15) is 0 Å². The Kier molecular flexibility index (Phi) is 4.28. The van der Waals surface area contributed by atoms with Gasteiger partial charge in [-0.25, -0.2) is 0 Å². The third kappa shape index (κ3) is 2.58. The number of nitrogens with zero attached hydrogens (tertiary/aromatic N) is 3. The van der Waals surface area contributed by atoms with Crippen LogP contribution < -0.4 is 0 Å². The van der Waals surface area contributed by atoms with Gasteiger partial charge < -0.3 is 9.30 Å². The van der Waals surface area contributed by atoms with E-state index in [0.717, 1.165) is 29.9 Å². The summed E-state index contributed by atoms with van der Waals surface area (Å²) in [4.78, 5) is 0. The standard InChI is InChI=1S/C10H18BrN3O/c1-5-6-14-8(7-11)12-13-9(14)10(2,3)15-4/h5-7H2,1-4H3. The zero-order valence-corrected chi connectivity index (χ0v) is 11.3. The van der Waals surface area contributed by atoms with Crippen LogP contribution in [0.4, 0.5) is 0 Å². The molecule has 5 heteroatoms. The van der Waals surface area contributed by atoms with Gasteiger partial charge >= 0.3 is 0 Å². The second-order valence-corrected chi connectivity index (χ2v) is 4.50. The van der Waals surface area contributed by atoms with Gasteiger partial charge in [-0.05, 0) is 20.3 Å². The van der Waals surface area contributed by atoms with Crippen molar-refractivity contribution in [2.75, 3.05) is 7.11 Å². The van der Waals surface area contributed by atoms with Gasteiger partial charge in [-0.2, -0.15) is 0 Å². The first kappa shape index (κ1) is 12.6. The molecule has 0 saturated heterocycles. The van der Waals surface area contributed by atoms with Crippen LogP contribution in [-0.4, -0.2) is 21.9 Å². The summed E-state index contributed by atoms with van der Waals surface area (Å²) in [6, 6.07) is 0. The number of hydrogen-bond acceptors (Lipinski definition) is 3. The fourth-order valence-electron chi connectivity index (χ4n) is 1.43. The summed E-state index contributed by atoms with van der Waals surface area (Å²) >= 11 is 3.42. The number of rotatable bonds is 5. The Morgan fingerprint density at radius 1 is 1.40 bits per heavy atom. The van der Waals surface area contributed by atoms with E-state index in [2.05, 4.69) is 37.6 Å². The summed E-state index contributed by atoms with van der Waals surface area (Å²) in [7, 11) is 1.69. The summed E-state index contributed by atoms with van der Waals surface area (Å²) < 4.78 is 7.55. The van der Waals surface area contributed by atoms with Crippen LogP contribution >= 0.6 is 15.9 Å². The Morgan fingerprint density at radius 2 is 2.07 bits per heavy atom. The van der Waals surface area contributed by atoms with Gasteiger partial charge in [0.2, 0.25) is 0 Å². The van der Waals surface area contributed by atoms with Gasteiger partial charge in [0.05, 0.1) is 5.33 Å². The third-order valence-electron chi connectivity index (χ3n) is 2.44. The van der Waals surface area contributed by atoms with Gasteiger partial charge in [-0.15, -0.1) is 10.2 Å². The average Bonchev–Trinajstić information content (AvgIpc) is 2.62. The van der Waals surface area contributed by atoms with Gasteiger partial charge in [0.15, 0.2) is 5.82 Å². The zero-order valence-electron chi connectivity index (χ0n) is 9.75. The third-order valence-corrected chi connectivity index (χ3v) is 2.94. The van der Waals surface area contributed by atoms with E-state index < -0.39 is 0 Å². The molecule has 15 heavy (non-hydrogen) atoms. The number of hydrogen-bond donors (Lipinski definition) is 0. The Labute approximate surface area is 99.2 Å². The molecule has 1 heterocycles. The van der Waals surface area contributed by atoms with Crippen LogP contribution in [0.25, 0.3) is 0 Å². The first-order valence-electron chi connectivity index (χ1n) is 5.10. The van der Waals surface area contributed by atoms with Crippen molar-refractivity contribution in [1.82, 2.24) is 14.8 Å². The summed E-state index contributed by atoms with van der Waals surface area (Å²) in [5.74, 6) is 1.85. The minimum Gasteiger partial charge on any atom is -0.371 e. The number of aromatic nitrogens is 3. The maximum atomic E-state index is 5.43. The topological polar surface area (TPSA) is 39.9 Å². The largest absolute Gasteiger partial charge is 0.371 e. The molecule has 0 N–H and O–H groups in total. The monoisotopic (exact) mass is 275 g/mol. The SMILES string of the molecule is CCCn1c(CBr)nnc1C(C)(C)OC. The second-order valence-electron chi connectivity index (χ2n) is 3.94. The van der Waals surface area contributed by atoms with Gasteiger partial charge in [-0.3, -0.25) is 0 Å². The number of ether oxygens (including phenoxy) is 1. The van der Waals surface area contributed by atoms with Crippen molar-refractivity contribution in [2.24, 2.45) is 0 Å². The lowest BCUT2D eigenvalue weighted by atomic mass is 10.1. The molecule has 0 aliphatic heterocycles. The van der Waals surface area contributed by atoms with Crippen LogP contribution in [0, 0.1) is 0 Å². The van der Waals surface area contributed by atoms with Crippen molar-refractivity contribution in [3.63, 3.8) is 0 Å². The van der Waals surface area contributed by atoms with Crippen LogP contribution in [-0.2, 0) is 22.2 Å². The van der Waals surface area contributed by atoms with Gasteiger partial charge in [0.1, 0.15) is 11.4 Å². The molecule has 86 valence electrons. The normalized spacial score (nSPS) is 12.1. The molecule has 0 amide bonds. The van der Waals surface area contributed by atoms with E-state index in [0.29, 0.717) is 0 Å².